The van der Waals surface area contributed by atoms with Crippen LogP contribution in [0.4, 0.5) is 0 Å². The van der Waals surface area contributed by atoms with Gasteiger partial charge in [0, 0.05) is 9.50 Å². The SMILES string of the molecule is CC(C)(C(=O)O)c1cc(Br)ccc1Cl. The highest BCUT2D eigenvalue weighted by Gasteiger charge is 2.31. The molecule has 4 heteroatoms. The molecule has 1 aromatic carbocycles. The monoisotopic (exact) mass is 276 g/mol. The first kappa shape index (κ1) is 11.5. The average molecular weight is 278 g/mol. The summed E-state index contributed by atoms with van der Waals surface area (Å²) in [6.45, 7) is 3.26. The Balaban J connectivity index is 3.31. The van der Waals surface area contributed by atoms with E-state index in [2.05, 4.69) is 15.9 Å². The molecule has 1 aromatic rings. The lowest BCUT2D eigenvalue weighted by Crippen LogP contribution is -2.28. The predicted molar refractivity (Wildman–Crippen MR) is 59.8 cm³/mol. The lowest BCUT2D eigenvalue weighted by atomic mass is 9.85. The molecule has 14 heavy (non-hydrogen) atoms. The van der Waals surface area contributed by atoms with Crippen LogP contribution in [0, 0.1) is 0 Å². The van der Waals surface area contributed by atoms with Crippen molar-refractivity contribution in [2.45, 2.75) is 19.3 Å². The quantitative estimate of drug-likeness (QED) is 0.899. The summed E-state index contributed by atoms with van der Waals surface area (Å²) in [7, 11) is 0. The van der Waals surface area contributed by atoms with Crippen LogP contribution in [0.15, 0.2) is 22.7 Å². The number of hydrogen-bond acceptors (Lipinski definition) is 1. The summed E-state index contributed by atoms with van der Waals surface area (Å²) in [4.78, 5) is 11.0. The van der Waals surface area contributed by atoms with E-state index in [1.54, 1.807) is 32.0 Å². The summed E-state index contributed by atoms with van der Waals surface area (Å²) in [6.07, 6.45) is 0. The van der Waals surface area contributed by atoms with Gasteiger partial charge in [0.15, 0.2) is 0 Å². The number of aliphatic carboxylic acids is 1. The van der Waals surface area contributed by atoms with Crippen molar-refractivity contribution in [1.29, 1.82) is 0 Å². The van der Waals surface area contributed by atoms with Crippen LogP contribution in [-0.4, -0.2) is 11.1 Å². The average Bonchev–Trinajstić information content (AvgIpc) is 2.08. The molecule has 0 aliphatic carbocycles. The Bertz CT molecular complexity index is 374. The van der Waals surface area contributed by atoms with Gasteiger partial charge in [-0.15, -0.1) is 0 Å². The van der Waals surface area contributed by atoms with E-state index in [0.717, 1.165) is 4.47 Å². The Morgan fingerprint density at radius 3 is 2.57 bits per heavy atom. The molecule has 0 amide bonds. The molecule has 0 bridgehead atoms. The zero-order chi connectivity index (χ0) is 10.9. The Hall–Kier alpha value is -0.540. The number of hydrogen-bond donors (Lipinski definition) is 1. The molecule has 0 fully saturated rings. The van der Waals surface area contributed by atoms with Gasteiger partial charge in [0.25, 0.3) is 0 Å². The second-order valence-corrected chi connectivity index (χ2v) is 4.88. The molecular formula is C10H10BrClO2. The van der Waals surface area contributed by atoms with Crippen LogP contribution in [0.3, 0.4) is 0 Å². The van der Waals surface area contributed by atoms with Gasteiger partial charge in [-0.2, -0.15) is 0 Å². The molecule has 0 aliphatic heterocycles. The number of benzene rings is 1. The molecule has 0 atom stereocenters. The highest BCUT2D eigenvalue weighted by atomic mass is 79.9. The molecule has 0 saturated carbocycles. The van der Waals surface area contributed by atoms with Gasteiger partial charge in [-0.1, -0.05) is 27.5 Å². The van der Waals surface area contributed by atoms with E-state index < -0.39 is 11.4 Å². The van der Waals surface area contributed by atoms with E-state index >= 15 is 0 Å². The van der Waals surface area contributed by atoms with Crippen LogP contribution in [-0.2, 0) is 10.2 Å². The molecule has 0 unspecified atom stereocenters. The fourth-order valence-corrected chi connectivity index (χ4v) is 1.81. The summed E-state index contributed by atoms with van der Waals surface area (Å²) in [5, 5.41) is 9.51. The van der Waals surface area contributed by atoms with E-state index in [9.17, 15) is 4.79 Å². The van der Waals surface area contributed by atoms with Crippen molar-refractivity contribution in [3.8, 4) is 0 Å². The Kier molecular flexibility index (Phi) is 3.22. The lowest BCUT2D eigenvalue weighted by molar-refractivity contribution is -0.142. The number of rotatable bonds is 2. The molecular weight excluding hydrogens is 267 g/mol. The van der Waals surface area contributed by atoms with Crippen molar-refractivity contribution >= 4 is 33.5 Å². The minimum Gasteiger partial charge on any atom is -0.481 e. The van der Waals surface area contributed by atoms with Crippen LogP contribution in [0.25, 0.3) is 0 Å². The first-order chi connectivity index (χ1) is 6.35. The first-order valence-corrected chi connectivity index (χ1v) is 5.21. The Labute approximate surface area is 96.0 Å². The maximum absolute atomic E-state index is 11.0. The van der Waals surface area contributed by atoms with Crippen molar-refractivity contribution in [2.75, 3.05) is 0 Å². The third kappa shape index (κ3) is 2.10. The molecule has 76 valence electrons. The van der Waals surface area contributed by atoms with Crippen LogP contribution >= 0.6 is 27.5 Å². The predicted octanol–water partition coefficient (Wildman–Crippen LogP) is 3.46. The molecule has 0 aliphatic rings. The third-order valence-corrected chi connectivity index (χ3v) is 2.96. The highest BCUT2D eigenvalue weighted by molar-refractivity contribution is 9.10. The first-order valence-electron chi connectivity index (χ1n) is 4.04. The Morgan fingerprint density at radius 2 is 2.07 bits per heavy atom. The minimum atomic E-state index is -0.971. The van der Waals surface area contributed by atoms with Gasteiger partial charge >= 0.3 is 5.97 Å². The Morgan fingerprint density at radius 1 is 1.50 bits per heavy atom. The van der Waals surface area contributed by atoms with Gasteiger partial charge in [0.1, 0.15) is 0 Å². The number of carboxylic acid groups (broad SMARTS) is 1. The summed E-state index contributed by atoms with van der Waals surface area (Å²) in [6, 6.07) is 5.20. The summed E-state index contributed by atoms with van der Waals surface area (Å²) < 4.78 is 0.825. The van der Waals surface area contributed by atoms with Gasteiger partial charge in [-0.3, -0.25) is 4.79 Å². The number of carboxylic acids is 1. The molecule has 0 radical (unpaired) electrons. The molecule has 0 saturated heterocycles. The fourth-order valence-electron chi connectivity index (χ4n) is 1.09. The van der Waals surface area contributed by atoms with E-state index in [4.69, 9.17) is 16.7 Å². The maximum Gasteiger partial charge on any atom is 0.313 e. The van der Waals surface area contributed by atoms with Crippen LogP contribution in [0.1, 0.15) is 19.4 Å². The lowest BCUT2D eigenvalue weighted by Gasteiger charge is -2.21. The van der Waals surface area contributed by atoms with Gasteiger partial charge in [-0.25, -0.2) is 0 Å². The molecule has 0 aromatic heterocycles. The van der Waals surface area contributed by atoms with Crippen molar-refractivity contribution in [1.82, 2.24) is 0 Å². The van der Waals surface area contributed by atoms with Crippen molar-refractivity contribution < 1.29 is 9.90 Å². The van der Waals surface area contributed by atoms with E-state index in [0.29, 0.717) is 10.6 Å². The standard InChI is InChI=1S/C10H10BrClO2/c1-10(2,9(13)14)7-5-6(11)3-4-8(7)12/h3-5H,1-2H3,(H,13,14). The van der Waals surface area contributed by atoms with Gasteiger partial charge < -0.3 is 5.11 Å². The normalized spacial score (nSPS) is 11.4. The van der Waals surface area contributed by atoms with Crippen molar-refractivity contribution in [2.24, 2.45) is 0 Å². The van der Waals surface area contributed by atoms with Gasteiger partial charge in [0.05, 0.1) is 5.41 Å². The molecule has 0 spiro atoms. The summed E-state index contributed by atoms with van der Waals surface area (Å²) in [5.41, 5.74) is -0.359. The molecule has 0 heterocycles. The maximum atomic E-state index is 11.0. The van der Waals surface area contributed by atoms with Crippen LogP contribution < -0.4 is 0 Å². The highest BCUT2D eigenvalue weighted by Crippen LogP contribution is 2.32. The largest absolute Gasteiger partial charge is 0.481 e. The van der Waals surface area contributed by atoms with Gasteiger partial charge in [0.2, 0.25) is 0 Å². The van der Waals surface area contributed by atoms with Crippen LogP contribution in [0.5, 0.6) is 0 Å². The molecule has 1 rings (SSSR count). The van der Waals surface area contributed by atoms with Gasteiger partial charge in [-0.05, 0) is 37.6 Å². The fraction of sp³-hybridized carbons (Fsp3) is 0.300. The summed E-state index contributed by atoms with van der Waals surface area (Å²) >= 11 is 9.23. The smallest absolute Gasteiger partial charge is 0.313 e. The van der Waals surface area contributed by atoms with Crippen molar-refractivity contribution in [3.05, 3.63) is 33.3 Å². The summed E-state index contributed by atoms with van der Waals surface area (Å²) in [5.74, 6) is -0.891. The second-order valence-electron chi connectivity index (χ2n) is 3.55. The zero-order valence-electron chi connectivity index (χ0n) is 7.84. The van der Waals surface area contributed by atoms with Crippen molar-refractivity contribution in [3.63, 3.8) is 0 Å². The molecule has 2 nitrogen and oxygen atoms in total. The van der Waals surface area contributed by atoms with Crippen LogP contribution in [0.2, 0.25) is 5.02 Å². The van der Waals surface area contributed by atoms with E-state index in [1.807, 2.05) is 0 Å². The topological polar surface area (TPSA) is 37.3 Å². The second kappa shape index (κ2) is 3.91. The molecule has 1 N–H and O–H groups in total. The number of halogens is 2. The van der Waals surface area contributed by atoms with E-state index in [1.165, 1.54) is 0 Å². The number of carbonyl (C=O) groups is 1. The third-order valence-electron chi connectivity index (χ3n) is 2.14. The van der Waals surface area contributed by atoms with E-state index in [-0.39, 0.29) is 0 Å². The minimum absolute atomic E-state index is 0.473. The zero-order valence-corrected chi connectivity index (χ0v) is 10.2.